The number of nitrogen functional groups attached to an aromatic ring is 2. The molecular formula is C15H15N5S. The van der Waals surface area contributed by atoms with Crippen molar-refractivity contribution in [3.05, 3.63) is 60.2 Å². The molecule has 2 aromatic carbocycles. The topological polar surface area (TPSA) is 82.8 Å². The maximum atomic E-state index is 6.07. The largest absolute Gasteiger partial charge is 0.399 e. The molecule has 0 spiro atoms. The molecule has 0 fully saturated rings. The smallest absolute Gasteiger partial charge is 0.210 e. The van der Waals surface area contributed by atoms with E-state index in [4.69, 9.17) is 11.6 Å². The highest BCUT2D eigenvalue weighted by molar-refractivity contribution is 7.98. The summed E-state index contributed by atoms with van der Waals surface area (Å²) in [5.41, 5.74) is 8.55. The Labute approximate surface area is 127 Å². The minimum Gasteiger partial charge on any atom is -0.399 e. The van der Waals surface area contributed by atoms with Gasteiger partial charge in [0.15, 0.2) is 5.82 Å². The van der Waals surface area contributed by atoms with E-state index in [0.717, 1.165) is 17.0 Å². The van der Waals surface area contributed by atoms with Gasteiger partial charge in [-0.3, -0.25) is 0 Å². The number of nitrogens with zero attached hydrogens (tertiary/aromatic N) is 3. The molecular weight excluding hydrogens is 282 g/mol. The quantitative estimate of drug-likeness (QED) is 0.439. The second-order valence-corrected chi connectivity index (χ2v) is 5.51. The fourth-order valence-corrected chi connectivity index (χ4v) is 2.73. The molecule has 0 saturated heterocycles. The fraction of sp³-hybridized carbons (Fsp3) is 0.0667. The number of nitrogens with two attached hydrogens (primary N) is 2. The molecule has 0 aliphatic rings. The maximum Gasteiger partial charge on any atom is 0.210 e. The van der Waals surface area contributed by atoms with Crippen molar-refractivity contribution >= 4 is 17.4 Å². The van der Waals surface area contributed by atoms with Crippen LogP contribution in [0.25, 0.3) is 11.4 Å². The monoisotopic (exact) mass is 297 g/mol. The van der Waals surface area contributed by atoms with Gasteiger partial charge in [-0.15, -0.1) is 10.2 Å². The SMILES string of the molecule is Nc1ccc(CSc2nnc(-c3ccccc3)n2N)cc1. The lowest BCUT2D eigenvalue weighted by atomic mass is 10.2. The lowest BCUT2D eigenvalue weighted by Crippen LogP contribution is -2.11. The molecule has 1 aromatic heterocycles. The molecule has 0 aliphatic carbocycles. The summed E-state index contributed by atoms with van der Waals surface area (Å²) in [4.78, 5) is 0. The van der Waals surface area contributed by atoms with Crippen molar-refractivity contribution in [1.29, 1.82) is 0 Å². The van der Waals surface area contributed by atoms with Gasteiger partial charge in [0, 0.05) is 17.0 Å². The summed E-state index contributed by atoms with van der Waals surface area (Å²) in [5, 5.41) is 9.00. The van der Waals surface area contributed by atoms with Gasteiger partial charge in [0.1, 0.15) is 0 Å². The van der Waals surface area contributed by atoms with Crippen LogP contribution in [0, 0.1) is 0 Å². The highest BCUT2D eigenvalue weighted by Crippen LogP contribution is 2.24. The van der Waals surface area contributed by atoms with Crippen molar-refractivity contribution in [1.82, 2.24) is 14.9 Å². The molecule has 0 bridgehead atoms. The van der Waals surface area contributed by atoms with E-state index < -0.39 is 0 Å². The van der Waals surface area contributed by atoms with Crippen molar-refractivity contribution in [3.63, 3.8) is 0 Å². The van der Waals surface area contributed by atoms with Crippen LogP contribution in [-0.4, -0.2) is 14.9 Å². The van der Waals surface area contributed by atoms with E-state index in [1.54, 1.807) is 11.8 Å². The Morgan fingerprint density at radius 3 is 2.38 bits per heavy atom. The van der Waals surface area contributed by atoms with Crippen LogP contribution in [0.5, 0.6) is 0 Å². The first-order chi connectivity index (χ1) is 10.2. The average molecular weight is 297 g/mol. The zero-order valence-electron chi connectivity index (χ0n) is 11.3. The molecule has 0 atom stereocenters. The van der Waals surface area contributed by atoms with Crippen LogP contribution in [-0.2, 0) is 5.75 Å². The van der Waals surface area contributed by atoms with E-state index >= 15 is 0 Å². The third-order valence-corrected chi connectivity index (χ3v) is 4.06. The number of hydrogen-bond donors (Lipinski definition) is 2. The molecule has 3 rings (SSSR count). The average Bonchev–Trinajstić information content (AvgIpc) is 2.89. The summed E-state index contributed by atoms with van der Waals surface area (Å²) < 4.78 is 1.53. The van der Waals surface area contributed by atoms with E-state index in [1.165, 1.54) is 10.2 Å². The van der Waals surface area contributed by atoms with Gasteiger partial charge in [-0.1, -0.05) is 54.2 Å². The van der Waals surface area contributed by atoms with Crippen LogP contribution >= 0.6 is 11.8 Å². The zero-order valence-corrected chi connectivity index (χ0v) is 12.1. The summed E-state index contributed by atoms with van der Waals surface area (Å²) in [5.74, 6) is 7.51. The number of anilines is 1. The molecule has 4 N–H and O–H groups in total. The number of benzene rings is 2. The Kier molecular flexibility index (Phi) is 3.79. The normalized spacial score (nSPS) is 10.7. The summed E-state index contributed by atoms with van der Waals surface area (Å²) in [6, 6.07) is 17.5. The minimum atomic E-state index is 0.662. The van der Waals surface area contributed by atoms with E-state index in [2.05, 4.69) is 10.2 Å². The number of thioether (sulfide) groups is 1. The highest BCUT2D eigenvalue weighted by atomic mass is 32.2. The van der Waals surface area contributed by atoms with Crippen LogP contribution in [0.4, 0.5) is 5.69 Å². The predicted octanol–water partition coefficient (Wildman–Crippen LogP) is 2.53. The summed E-state index contributed by atoms with van der Waals surface area (Å²) in [7, 11) is 0. The Bertz CT molecular complexity index is 722. The van der Waals surface area contributed by atoms with Crippen LogP contribution in [0.2, 0.25) is 0 Å². The number of hydrogen-bond acceptors (Lipinski definition) is 5. The van der Waals surface area contributed by atoms with Crippen molar-refractivity contribution < 1.29 is 0 Å². The van der Waals surface area contributed by atoms with Crippen molar-refractivity contribution in [2.75, 3.05) is 11.6 Å². The lowest BCUT2D eigenvalue weighted by Gasteiger charge is -2.04. The van der Waals surface area contributed by atoms with Crippen LogP contribution < -0.4 is 11.6 Å². The molecule has 6 heteroatoms. The second-order valence-electron chi connectivity index (χ2n) is 4.57. The van der Waals surface area contributed by atoms with Crippen LogP contribution in [0.1, 0.15) is 5.56 Å². The van der Waals surface area contributed by atoms with Crippen molar-refractivity contribution in [2.45, 2.75) is 10.9 Å². The van der Waals surface area contributed by atoms with Gasteiger partial charge in [0.25, 0.3) is 0 Å². The molecule has 0 saturated carbocycles. The van der Waals surface area contributed by atoms with Crippen molar-refractivity contribution in [2.24, 2.45) is 0 Å². The molecule has 106 valence electrons. The molecule has 0 unspecified atom stereocenters. The first-order valence-electron chi connectivity index (χ1n) is 6.47. The molecule has 0 aliphatic heterocycles. The third-order valence-electron chi connectivity index (χ3n) is 3.04. The van der Waals surface area contributed by atoms with Gasteiger partial charge < -0.3 is 11.6 Å². The Balaban J connectivity index is 1.75. The van der Waals surface area contributed by atoms with Crippen molar-refractivity contribution in [3.8, 4) is 11.4 Å². The van der Waals surface area contributed by atoms with Crippen LogP contribution in [0.15, 0.2) is 59.8 Å². The minimum absolute atomic E-state index is 0.662. The summed E-state index contributed by atoms with van der Waals surface area (Å²) >= 11 is 1.55. The van der Waals surface area contributed by atoms with Gasteiger partial charge >= 0.3 is 0 Å². The molecule has 1 heterocycles. The summed E-state index contributed by atoms with van der Waals surface area (Å²) in [6.07, 6.45) is 0. The van der Waals surface area contributed by atoms with Gasteiger partial charge in [-0.05, 0) is 17.7 Å². The van der Waals surface area contributed by atoms with E-state index in [9.17, 15) is 0 Å². The third kappa shape index (κ3) is 3.00. The predicted molar refractivity (Wildman–Crippen MR) is 86.0 cm³/mol. The van der Waals surface area contributed by atoms with Gasteiger partial charge in [0.2, 0.25) is 5.16 Å². The first kappa shape index (κ1) is 13.5. The van der Waals surface area contributed by atoms with Crippen LogP contribution in [0.3, 0.4) is 0 Å². The van der Waals surface area contributed by atoms with E-state index in [0.29, 0.717) is 11.0 Å². The Morgan fingerprint density at radius 1 is 0.952 bits per heavy atom. The van der Waals surface area contributed by atoms with E-state index in [1.807, 2.05) is 54.6 Å². The molecule has 21 heavy (non-hydrogen) atoms. The molecule has 0 amide bonds. The first-order valence-corrected chi connectivity index (χ1v) is 7.46. The maximum absolute atomic E-state index is 6.07. The molecule has 0 radical (unpaired) electrons. The fourth-order valence-electron chi connectivity index (χ4n) is 1.92. The summed E-state index contributed by atoms with van der Waals surface area (Å²) in [6.45, 7) is 0. The number of rotatable bonds is 4. The Morgan fingerprint density at radius 2 is 1.67 bits per heavy atom. The second kappa shape index (κ2) is 5.88. The zero-order chi connectivity index (χ0) is 14.7. The van der Waals surface area contributed by atoms with Gasteiger partial charge in [0.05, 0.1) is 0 Å². The lowest BCUT2D eigenvalue weighted by molar-refractivity contribution is 0.849. The molecule has 5 nitrogen and oxygen atoms in total. The van der Waals surface area contributed by atoms with E-state index in [-0.39, 0.29) is 0 Å². The number of aromatic nitrogens is 3. The Hall–Kier alpha value is -2.47. The molecule has 3 aromatic rings. The highest BCUT2D eigenvalue weighted by Gasteiger charge is 2.11. The standard InChI is InChI=1S/C15H15N5S/c16-13-8-6-11(7-9-13)10-21-15-19-18-14(20(15)17)12-4-2-1-3-5-12/h1-9H,10,16-17H2. The van der Waals surface area contributed by atoms with Gasteiger partial charge in [-0.2, -0.15) is 0 Å². The van der Waals surface area contributed by atoms with Gasteiger partial charge in [-0.25, -0.2) is 4.68 Å².